The van der Waals surface area contributed by atoms with Gasteiger partial charge in [0.2, 0.25) is 0 Å². The van der Waals surface area contributed by atoms with Crippen LogP contribution in [-0.4, -0.2) is 39.7 Å². The molecule has 0 aliphatic carbocycles. The molecular weight excluding hydrogens is 288 g/mol. The summed E-state index contributed by atoms with van der Waals surface area (Å²) in [6.07, 6.45) is 0. The molecule has 6 nitrogen and oxygen atoms in total. The van der Waals surface area contributed by atoms with Gasteiger partial charge < -0.3 is 15.5 Å². The molecule has 100 valence electrons. The fourth-order valence-electron chi connectivity index (χ4n) is 1.31. The Hall–Kier alpha value is -1.77. The average Bonchev–Trinajstić information content (AvgIpc) is 3.04. The smallest absolute Gasteiger partial charge is 0.328 e. The Labute approximate surface area is 116 Å². The molecule has 0 spiro atoms. The molecule has 2 aromatic rings. The van der Waals surface area contributed by atoms with Crippen molar-refractivity contribution in [3.63, 3.8) is 0 Å². The Balaban J connectivity index is 2.10. The quantitative estimate of drug-likeness (QED) is 0.766. The van der Waals surface area contributed by atoms with E-state index in [0.717, 1.165) is 5.56 Å². The number of carboxylic acid groups (broad SMARTS) is 1. The van der Waals surface area contributed by atoms with Gasteiger partial charge in [0.1, 0.15) is 10.7 Å². The normalized spacial score (nSPS) is 12.1. The number of nitrogens with one attached hydrogen (secondary N) is 1. The molecule has 2 rings (SSSR count). The van der Waals surface area contributed by atoms with Crippen LogP contribution in [0.3, 0.4) is 0 Å². The van der Waals surface area contributed by atoms with Gasteiger partial charge in [-0.1, -0.05) is 0 Å². The van der Waals surface area contributed by atoms with E-state index in [4.69, 9.17) is 10.2 Å². The molecule has 0 unspecified atom stereocenters. The number of aliphatic carboxylic acids is 1. The maximum atomic E-state index is 11.8. The topological polar surface area (TPSA) is 99.5 Å². The number of hydrogen-bond donors (Lipinski definition) is 3. The van der Waals surface area contributed by atoms with Crippen LogP contribution in [0.15, 0.2) is 22.2 Å². The van der Waals surface area contributed by atoms with Crippen LogP contribution in [0.25, 0.3) is 10.6 Å². The van der Waals surface area contributed by atoms with Gasteiger partial charge in [0.15, 0.2) is 6.04 Å². The molecule has 0 aliphatic rings. The van der Waals surface area contributed by atoms with Crippen molar-refractivity contribution in [2.75, 3.05) is 6.61 Å². The number of aromatic nitrogens is 1. The lowest BCUT2D eigenvalue weighted by molar-refractivity contribution is -0.140. The van der Waals surface area contributed by atoms with Gasteiger partial charge in [-0.15, -0.1) is 11.3 Å². The molecule has 2 heterocycles. The molecule has 3 N–H and O–H groups in total. The highest BCUT2D eigenvalue weighted by Crippen LogP contribution is 2.25. The van der Waals surface area contributed by atoms with Crippen molar-refractivity contribution in [3.8, 4) is 10.6 Å². The number of rotatable bonds is 5. The largest absolute Gasteiger partial charge is 0.480 e. The number of aliphatic hydroxyl groups is 1. The number of hydrogen-bond acceptors (Lipinski definition) is 6. The first-order valence-corrected chi connectivity index (χ1v) is 7.06. The summed E-state index contributed by atoms with van der Waals surface area (Å²) < 4.78 is 0. The van der Waals surface area contributed by atoms with Gasteiger partial charge in [-0.05, 0) is 11.4 Å². The van der Waals surface area contributed by atoms with E-state index in [1.54, 1.807) is 5.38 Å². The summed E-state index contributed by atoms with van der Waals surface area (Å²) in [4.78, 5) is 26.6. The van der Waals surface area contributed by atoms with Crippen LogP contribution in [0.1, 0.15) is 10.5 Å². The molecule has 1 amide bonds. The van der Waals surface area contributed by atoms with Gasteiger partial charge >= 0.3 is 5.97 Å². The second-order valence-corrected chi connectivity index (χ2v) is 5.23. The minimum atomic E-state index is -1.32. The van der Waals surface area contributed by atoms with E-state index in [2.05, 4.69) is 10.3 Å². The van der Waals surface area contributed by atoms with Crippen molar-refractivity contribution in [3.05, 3.63) is 27.9 Å². The van der Waals surface area contributed by atoms with Gasteiger partial charge in [-0.3, -0.25) is 4.79 Å². The molecular formula is C11H10N2O4S2. The third-order valence-corrected chi connectivity index (χ3v) is 3.87. The van der Waals surface area contributed by atoms with Crippen LogP contribution < -0.4 is 5.32 Å². The number of carbonyl (C=O) groups is 2. The Morgan fingerprint density at radius 1 is 1.42 bits per heavy atom. The maximum Gasteiger partial charge on any atom is 0.328 e. The van der Waals surface area contributed by atoms with Crippen molar-refractivity contribution in [1.29, 1.82) is 0 Å². The molecule has 0 saturated carbocycles. The van der Waals surface area contributed by atoms with Crippen LogP contribution in [0.4, 0.5) is 0 Å². The fraction of sp³-hybridized carbons (Fsp3) is 0.182. The molecule has 0 aliphatic heterocycles. The number of thiophene rings is 1. The summed E-state index contributed by atoms with van der Waals surface area (Å²) in [5.74, 6) is -1.90. The van der Waals surface area contributed by atoms with Gasteiger partial charge in [0, 0.05) is 16.3 Å². The second kappa shape index (κ2) is 5.91. The molecule has 0 aromatic carbocycles. The number of carbonyl (C=O) groups excluding carboxylic acids is 1. The lowest BCUT2D eigenvalue weighted by Crippen LogP contribution is -2.43. The summed E-state index contributed by atoms with van der Waals surface area (Å²) in [5, 5.41) is 25.8. The molecule has 2 aromatic heterocycles. The summed E-state index contributed by atoms with van der Waals surface area (Å²) in [6.45, 7) is -0.664. The number of carboxylic acids is 1. The third-order valence-electron chi connectivity index (χ3n) is 2.29. The average molecular weight is 298 g/mol. The molecule has 19 heavy (non-hydrogen) atoms. The predicted molar refractivity (Wildman–Crippen MR) is 71.4 cm³/mol. The van der Waals surface area contributed by atoms with Crippen LogP contribution in [0.2, 0.25) is 0 Å². The summed E-state index contributed by atoms with van der Waals surface area (Å²) in [6, 6.07) is 0.567. The van der Waals surface area contributed by atoms with E-state index < -0.39 is 24.5 Å². The monoisotopic (exact) mass is 298 g/mol. The molecule has 0 saturated heterocycles. The number of aliphatic hydroxyl groups excluding tert-OH is 1. The van der Waals surface area contributed by atoms with Crippen molar-refractivity contribution >= 4 is 34.6 Å². The first kappa shape index (κ1) is 13.7. The van der Waals surface area contributed by atoms with Crippen molar-refractivity contribution < 1.29 is 19.8 Å². The summed E-state index contributed by atoms with van der Waals surface area (Å²) in [7, 11) is 0. The van der Waals surface area contributed by atoms with Gasteiger partial charge in [0.05, 0.1) is 6.61 Å². The minimum Gasteiger partial charge on any atom is -0.480 e. The molecule has 0 radical (unpaired) electrons. The summed E-state index contributed by atoms with van der Waals surface area (Å²) >= 11 is 2.83. The van der Waals surface area contributed by atoms with E-state index in [1.165, 1.54) is 22.7 Å². The van der Waals surface area contributed by atoms with Crippen molar-refractivity contribution in [2.24, 2.45) is 0 Å². The van der Waals surface area contributed by atoms with Crippen LogP contribution >= 0.6 is 22.7 Å². The van der Waals surface area contributed by atoms with Crippen LogP contribution in [-0.2, 0) is 4.79 Å². The zero-order chi connectivity index (χ0) is 13.8. The SMILES string of the molecule is O=C(N[C@@H](CO)C(=O)O)c1csc(-c2ccsc2)n1. The molecule has 1 atom stereocenters. The van der Waals surface area contributed by atoms with Crippen LogP contribution in [0, 0.1) is 0 Å². The van der Waals surface area contributed by atoms with E-state index in [9.17, 15) is 9.59 Å². The highest BCUT2D eigenvalue weighted by Gasteiger charge is 2.21. The molecule has 0 fully saturated rings. The number of thiazole rings is 1. The van der Waals surface area contributed by atoms with Gasteiger partial charge in [-0.2, -0.15) is 11.3 Å². The molecule has 8 heteroatoms. The lowest BCUT2D eigenvalue weighted by atomic mass is 10.3. The highest BCUT2D eigenvalue weighted by molar-refractivity contribution is 7.14. The second-order valence-electron chi connectivity index (χ2n) is 3.60. The Kier molecular flexibility index (Phi) is 4.25. The zero-order valence-electron chi connectivity index (χ0n) is 9.57. The third kappa shape index (κ3) is 3.16. The van der Waals surface area contributed by atoms with E-state index >= 15 is 0 Å². The Bertz CT molecular complexity index is 579. The number of nitrogens with zero attached hydrogens (tertiary/aromatic N) is 1. The van der Waals surface area contributed by atoms with Crippen molar-refractivity contribution in [2.45, 2.75) is 6.04 Å². The first-order valence-electron chi connectivity index (χ1n) is 5.24. The molecule has 0 bridgehead atoms. The van der Waals surface area contributed by atoms with Gasteiger partial charge in [0.25, 0.3) is 5.91 Å². The van der Waals surface area contributed by atoms with E-state index in [1.807, 2.05) is 16.8 Å². The van der Waals surface area contributed by atoms with Crippen LogP contribution in [0.5, 0.6) is 0 Å². The first-order chi connectivity index (χ1) is 9.11. The summed E-state index contributed by atoms with van der Waals surface area (Å²) in [5.41, 5.74) is 1.07. The standard InChI is InChI=1S/C11H10N2O4S2/c14-3-7(11(16)17)12-9(15)8-5-19-10(13-8)6-1-2-18-4-6/h1-2,4-5,7,14H,3H2,(H,12,15)(H,16,17)/t7-/m0/s1. The number of amides is 1. The predicted octanol–water partition coefficient (Wildman–Crippen LogP) is 1.05. The van der Waals surface area contributed by atoms with Gasteiger partial charge in [-0.25, -0.2) is 9.78 Å². The zero-order valence-corrected chi connectivity index (χ0v) is 11.2. The fourth-order valence-corrected chi connectivity index (χ4v) is 2.83. The maximum absolute atomic E-state index is 11.8. The Morgan fingerprint density at radius 3 is 2.79 bits per heavy atom. The Morgan fingerprint density at radius 2 is 2.21 bits per heavy atom. The van der Waals surface area contributed by atoms with E-state index in [-0.39, 0.29) is 5.69 Å². The lowest BCUT2D eigenvalue weighted by Gasteiger charge is -2.09. The highest BCUT2D eigenvalue weighted by atomic mass is 32.1. The van der Waals surface area contributed by atoms with Crippen molar-refractivity contribution in [1.82, 2.24) is 10.3 Å². The minimum absolute atomic E-state index is 0.144. The van der Waals surface area contributed by atoms with E-state index in [0.29, 0.717) is 5.01 Å².